The Hall–Kier alpha value is -2.44. The van der Waals surface area contributed by atoms with Gasteiger partial charge in [-0.15, -0.1) is 10.2 Å². The van der Waals surface area contributed by atoms with Crippen LogP contribution in [0.5, 0.6) is 0 Å². The number of amides is 1. The smallest absolute Gasteiger partial charge is 0.411 e. The van der Waals surface area contributed by atoms with Crippen molar-refractivity contribution in [2.75, 3.05) is 6.54 Å². The van der Waals surface area contributed by atoms with Gasteiger partial charge in [0.2, 0.25) is 11.8 Å². The summed E-state index contributed by atoms with van der Waals surface area (Å²) in [6.07, 6.45) is 5.68. The molecule has 0 aromatic carbocycles. The first-order chi connectivity index (χ1) is 11.8. The van der Waals surface area contributed by atoms with E-state index in [1.54, 1.807) is 17.3 Å². The Bertz CT molecular complexity index is 738. The fraction of sp³-hybridized carbons (Fsp3) is 0.556. The predicted molar refractivity (Wildman–Crippen MR) is 91.7 cm³/mol. The van der Waals surface area contributed by atoms with E-state index in [1.807, 2.05) is 39.8 Å². The van der Waals surface area contributed by atoms with Crippen LogP contribution in [0.15, 0.2) is 28.9 Å². The molecule has 0 aliphatic carbocycles. The summed E-state index contributed by atoms with van der Waals surface area (Å²) in [6, 6.07) is 3.62. The van der Waals surface area contributed by atoms with Gasteiger partial charge in [-0.25, -0.2) is 4.79 Å². The molecule has 1 amide bonds. The van der Waals surface area contributed by atoms with Crippen LogP contribution >= 0.6 is 0 Å². The highest BCUT2D eigenvalue weighted by Crippen LogP contribution is 2.38. The van der Waals surface area contributed by atoms with Gasteiger partial charge in [-0.05, 0) is 59.1 Å². The maximum absolute atomic E-state index is 12.7. The van der Waals surface area contributed by atoms with Gasteiger partial charge in [0.25, 0.3) is 0 Å². The molecule has 1 aliphatic heterocycles. The van der Waals surface area contributed by atoms with E-state index < -0.39 is 11.1 Å². The van der Waals surface area contributed by atoms with Crippen molar-refractivity contribution in [1.29, 1.82) is 0 Å². The second kappa shape index (κ2) is 6.46. The molecule has 1 saturated heterocycles. The van der Waals surface area contributed by atoms with E-state index in [2.05, 4.69) is 15.2 Å². The van der Waals surface area contributed by atoms with Crippen molar-refractivity contribution in [2.45, 2.75) is 58.1 Å². The second-order valence-electron chi connectivity index (χ2n) is 7.51. The molecule has 3 rings (SSSR count). The quantitative estimate of drug-likeness (QED) is 0.825. The Morgan fingerprint density at radius 2 is 1.96 bits per heavy atom. The number of hydrogen-bond donors (Lipinski definition) is 0. The van der Waals surface area contributed by atoms with E-state index in [0.29, 0.717) is 18.3 Å². The number of piperidine rings is 1. The zero-order valence-electron chi connectivity index (χ0n) is 15.2. The van der Waals surface area contributed by atoms with Crippen LogP contribution in [0.1, 0.15) is 52.8 Å². The van der Waals surface area contributed by atoms with Gasteiger partial charge in [0, 0.05) is 24.5 Å². The maximum atomic E-state index is 12.7. The summed E-state index contributed by atoms with van der Waals surface area (Å²) in [7, 11) is 0. The molecule has 25 heavy (non-hydrogen) atoms. The second-order valence-corrected chi connectivity index (χ2v) is 7.51. The van der Waals surface area contributed by atoms with Crippen molar-refractivity contribution in [1.82, 2.24) is 20.1 Å². The third-order valence-corrected chi connectivity index (χ3v) is 4.32. The third-order valence-electron chi connectivity index (χ3n) is 4.32. The highest BCUT2D eigenvalue weighted by atomic mass is 16.6. The van der Waals surface area contributed by atoms with Crippen LogP contribution in [0, 0.1) is 0 Å². The summed E-state index contributed by atoms with van der Waals surface area (Å²) in [4.78, 5) is 18.4. The summed E-state index contributed by atoms with van der Waals surface area (Å²) in [5, 5.41) is 8.38. The molecule has 1 unspecified atom stereocenters. The molecule has 3 heterocycles. The van der Waals surface area contributed by atoms with Gasteiger partial charge in [-0.3, -0.25) is 9.88 Å². The Morgan fingerprint density at radius 3 is 2.64 bits per heavy atom. The minimum atomic E-state index is -0.668. The average Bonchev–Trinajstić information content (AvgIpc) is 3.05. The fourth-order valence-corrected chi connectivity index (χ4v) is 3.01. The summed E-state index contributed by atoms with van der Waals surface area (Å²) in [5.41, 5.74) is -0.414. The van der Waals surface area contributed by atoms with Gasteiger partial charge in [0.1, 0.15) is 11.1 Å². The largest absolute Gasteiger partial charge is 0.444 e. The van der Waals surface area contributed by atoms with Crippen LogP contribution in [0.25, 0.3) is 11.5 Å². The lowest BCUT2D eigenvalue weighted by atomic mass is 9.88. The van der Waals surface area contributed by atoms with Crippen molar-refractivity contribution in [3.05, 3.63) is 30.4 Å². The molecule has 0 radical (unpaired) electrons. The highest BCUT2D eigenvalue weighted by Gasteiger charge is 2.45. The summed E-state index contributed by atoms with van der Waals surface area (Å²) < 4.78 is 11.5. The summed E-state index contributed by atoms with van der Waals surface area (Å²) in [5.74, 6) is 0.859. The van der Waals surface area contributed by atoms with Crippen molar-refractivity contribution in [3.63, 3.8) is 0 Å². The third kappa shape index (κ3) is 3.65. The molecule has 0 bridgehead atoms. The molecule has 134 valence electrons. The van der Waals surface area contributed by atoms with Crippen LogP contribution in [-0.4, -0.2) is 38.3 Å². The molecule has 1 aliphatic rings. The maximum Gasteiger partial charge on any atom is 0.411 e. The molecule has 0 spiro atoms. The van der Waals surface area contributed by atoms with Gasteiger partial charge >= 0.3 is 6.09 Å². The Labute approximate surface area is 147 Å². The first kappa shape index (κ1) is 17.4. The topological polar surface area (TPSA) is 81.4 Å². The zero-order chi connectivity index (χ0) is 18.1. The lowest BCUT2D eigenvalue weighted by Crippen LogP contribution is -2.52. The van der Waals surface area contributed by atoms with Crippen LogP contribution < -0.4 is 0 Å². The van der Waals surface area contributed by atoms with Gasteiger partial charge in [-0.2, -0.15) is 0 Å². The highest BCUT2D eigenvalue weighted by molar-refractivity contribution is 5.69. The monoisotopic (exact) mass is 344 g/mol. The summed E-state index contributed by atoms with van der Waals surface area (Å²) >= 11 is 0. The number of pyridine rings is 1. The van der Waals surface area contributed by atoms with E-state index >= 15 is 0 Å². The van der Waals surface area contributed by atoms with Gasteiger partial charge in [0.05, 0.1) is 0 Å². The van der Waals surface area contributed by atoms with E-state index in [9.17, 15) is 4.79 Å². The SMILES string of the molecule is CC(C)(C)OC(=O)N1CCCCC1(C)c1nnc(-c2ccncc2)o1. The Kier molecular flexibility index (Phi) is 4.49. The van der Waals surface area contributed by atoms with E-state index in [0.717, 1.165) is 24.8 Å². The fourth-order valence-electron chi connectivity index (χ4n) is 3.01. The van der Waals surface area contributed by atoms with Gasteiger partial charge < -0.3 is 9.15 Å². The number of likely N-dealkylation sites (tertiary alicyclic amines) is 1. The van der Waals surface area contributed by atoms with E-state index in [1.165, 1.54) is 0 Å². The molecule has 1 atom stereocenters. The Balaban J connectivity index is 1.90. The number of rotatable bonds is 2. The lowest BCUT2D eigenvalue weighted by molar-refractivity contribution is -0.0198. The molecule has 0 saturated carbocycles. The predicted octanol–water partition coefficient (Wildman–Crippen LogP) is 3.77. The molecule has 7 nitrogen and oxygen atoms in total. The number of aromatic nitrogens is 3. The van der Waals surface area contributed by atoms with E-state index in [-0.39, 0.29) is 6.09 Å². The first-order valence-corrected chi connectivity index (χ1v) is 8.55. The number of carbonyl (C=O) groups excluding carboxylic acids is 1. The minimum Gasteiger partial charge on any atom is -0.444 e. The standard InChI is InChI=1S/C18H24N4O3/c1-17(2,3)25-16(23)22-12-6-5-9-18(22,4)15-21-20-14(24-15)13-7-10-19-11-8-13/h7-8,10-11H,5-6,9,12H2,1-4H3. The van der Waals surface area contributed by atoms with Crippen LogP contribution in [0.4, 0.5) is 4.79 Å². The first-order valence-electron chi connectivity index (χ1n) is 8.55. The Morgan fingerprint density at radius 1 is 1.24 bits per heavy atom. The lowest BCUT2D eigenvalue weighted by Gasteiger charge is -2.42. The number of ether oxygens (including phenoxy) is 1. The van der Waals surface area contributed by atoms with Gasteiger partial charge in [-0.1, -0.05) is 0 Å². The number of hydrogen-bond acceptors (Lipinski definition) is 6. The molecule has 2 aromatic heterocycles. The molecule has 7 heteroatoms. The molecule has 2 aromatic rings. The zero-order valence-corrected chi connectivity index (χ0v) is 15.2. The van der Waals surface area contributed by atoms with Crippen molar-refractivity contribution < 1.29 is 13.9 Å². The number of carbonyl (C=O) groups is 1. The average molecular weight is 344 g/mol. The van der Waals surface area contributed by atoms with Crippen LogP contribution in [0.3, 0.4) is 0 Å². The number of nitrogens with zero attached hydrogens (tertiary/aromatic N) is 4. The van der Waals surface area contributed by atoms with Crippen molar-refractivity contribution >= 4 is 6.09 Å². The van der Waals surface area contributed by atoms with Crippen molar-refractivity contribution in [3.8, 4) is 11.5 Å². The van der Waals surface area contributed by atoms with E-state index in [4.69, 9.17) is 9.15 Å². The summed E-state index contributed by atoms with van der Waals surface area (Å²) in [6.45, 7) is 8.15. The molecular weight excluding hydrogens is 320 g/mol. The molecular formula is C18H24N4O3. The van der Waals surface area contributed by atoms with Crippen LogP contribution in [0.2, 0.25) is 0 Å². The van der Waals surface area contributed by atoms with Crippen LogP contribution in [-0.2, 0) is 10.3 Å². The van der Waals surface area contributed by atoms with Gasteiger partial charge in [0.15, 0.2) is 0 Å². The molecule has 0 N–H and O–H groups in total. The molecule has 1 fully saturated rings. The van der Waals surface area contributed by atoms with Crippen molar-refractivity contribution in [2.24, 2.45) is 0 Å². The minimum absolute atomic E-state index is 0.349. The normalized spacial score (nSPS) is 21.2.